The molecule has 0 saturated carbocycles. The molecule has 1 aromatic heterocycles. The molecule has 5 aromatic rings. The highest BCUT2D eigenvalue weighted by Gasteiger charge is 2.34. The summed E-state index contributed by atoms with van der Waals surface area (Å²) in [7, 11) is 0. The van der Waals surface area contributed by atoms with E-state index in [0.29, 0.717) is 30.8 Å². The molecule has 6 rings (SSSR count). The summed E-state index contributed by atoms with van der Waals surface area (Å²) in [6, 6.07) is 32.6. The predicted molar refractivity (Wildman–Crippen MR) is 178 cm³/mol. The van der Waals surface area contributed by atoms with Crippen molar-refractivity contribution in [1.29, 1.82) is 0 Å². The highest BCUT2D eigenvalue weighted by molar-refractivity contribution is 5.96. The molecule has 0 aliphatic carbocycles. The van der Waals surface area contributed by atoms with E-state index in [4.69, 9.17) is 0 Å². The number of hydrogen-bond donors (Lipinski definition) is 0. The lowest BCUT2D eigenvalue weighted by Crippen LogP contribution is -2.52. The maximum atomic E-state index is 14.5. The Morgan fingerprint density at radius 2 is 1.52 bits per heavy atom. The molecule has 0 fully saturated rings. The number of rotatable bonds is 9. The predicted octanol–water partition coefficient (Wildman–Crippen LogP) is 7.40. The van der Waals surface area contributed by atoms with Gasteiger partial charge in [0.25, 0.3) is 0 Å². The smallest absolute Gasteiger partial charge is 0.336 e. The monoisotopic (exact) mass is 646 g/mol. The van der Waals surface area contributed by atoms with Gasteiger partial charge in [0, 0.05) is 43.9 Å². The summed E-state index contributed by atoms with van der Waals surface area (Å²) in [5.41, 5.74) is 5.21. The van der Waals surface area contributed by atoms with Crippen molar-refractivity contribution in [2.24, 2.45) is 0 Å². The first-order valence-corrected chi connectivity index (χ1v) is 15.7. The van der Waals surface area contributed by atoms with E-state index in [1.165, 1.54) is 29.8 Å². The van der Waals surface area contributed by atoms with Crippen molar-refractivity contribution >= 4 is 17.9 Å². The van der Waals surface area contributed by atoms with Crippen LogP contribution in [-0.2, 0) is 41.7 Å². The van der Waals surface area contributed by atoms with Crippen LogP contribution in [0.5, 0.6) is 0 Å². The topological polar surface area (TPSA) is 66.4 Å². The van der Waals surface area contributed by atoms with E-state index in [2.05, 4.69) is 16.3 Å². The molecule has 4 aromatic carbocycles. The fourth-order valence-electron chi connectivity index (χ4n) is 5.88. The van der Waals surface area contributed by atoms with Gasteiger partial charge < -0.3 is 9.80 Å². The molecular formula is C39H33F3N4O2. The SMILES string of the molecule is O=C([C@H](Cc1ccccc1)N(Cc1ccc(-c2cccnn2)cc1)C(=O)C=Cc1ccc(C(F)(F)F)cc1)N1CCc2ccccc2C1. The average molecular weight is 647 g/mol. The summed E-state index contributed by atoms with van der Waals surface area (Å²) in [6.45, 7) is 1.10. The Labute approximate surface area is 277 Å². The van der Waals surface area contributed by atoms with Crippen molar-refractivity contribution < 1.29 is 22.8 Å². The minimum Gasteiger partial charge on any atom is -0.336 e. The third-order valence-electron chi connectivity index (χ3n) is 8.49. The first-order valence-electron chi connectivity index (χ1n) is 15.7. The molecule has 1 aliphatic rings. The zero-order valence-electron chi connectivity index (χ0n) is 26.1. The van der Waals surface area contributed by atoms with E-state index in [0.717, 1.165) is 34.4 Å². The Bertz CT molecular complexity index is 1880. The van der Waals surface area contributed by atoms with Crippen LogP contribution in [0.25, 0.3) is 17.3 Å². The summed E-state index contributed by atoms with van der Waals surface area (Å²) < 4.78 is 39.4. The van der Waals surface area contributed by atoms with Crippen LogP contribution in [0.2, 0.25) is 0 Å². The number of carbonyl (C=O) groups excluding carboxylic acids is 2. The Kier molecular flexibility index (Phi) is 9.75. The van der Waals surface area contributed by atoms with E-state index < -0.39 is 23.7 Å². The standard InChI is InChI=1S/C39H33F3N4O2/c40-39(41,42)34-19-14-28(15-20-34)16-21-37(47)46(26-30-12-17-32(18-13-30)35-11-6-23-43-44-35)36(25-29-7-2-1-3-8-29)38(48)45-24-22-31-9-4-5-10-33(31)27-45/h1-21,23,36H,22,24-27H2/t36-/m0/s1. The Hall–Kier alpha value is -5.57. The number of aromatic nitrogens is 2. The van der Waals surface area contributed by atoms with Crippen LogP contribution in [0.3, 0.4) is 0 Å². The number of amides is 2. The van der Waals surface area contributed by atoms with E-state index in [9.17, 15) is 22.8 Å². The molecule has 242 valence electrons. The Morgan fingerprint density at radius 1 is 0.812 bits per heavy atom. The number of alkyl halides is 3. The van der Waals surface area contributed by atoms with Crippen molar-refractivity contribution in [3.8, 4) is 11.3 Å². The maximum Gasteiger partial charge on any atom is 0.416 e. The van der Waals surface area contributed by atoms with Gasteiger partial charge in [-0.25, -0.2) is 0 Å². The van der Waals surface area contributed by atoms with Gasteiger partial charge in [0.15, 0.2) is 0 Å². The molecule has 0 N–H and O–H groups in total. The van der Waals surface area contributed by atoms with Crippen LogP contribution in [0.4, 0.5) is 13.2 Å². The molecule has 6 nitrogen and oxygen atoms in total. The van der Waals surface area contributed by atoms with Gasteiger partial charge in [0.2, 0.25) is 11.8 Å². The minimum atomic E-state index is -4.46. The molecule has 0 radical (unpaired) electrons. The molecule has 2 heterocycles. The molecule has 1 aliphatic heterocycles. The lowest BCUT2D eigenvalue weighted by Gasteiger charge is -2.37. The van der Waals surface area contributed by atoms with Crippen LogP contribution in [0, 0.1) is 0 Å². The quantitative estimate of drug-likeness (QED) is 0.157. The second-order valence-electron chi connectivity index (χ2n) is 11.7. The van der Waals surface area contributed by atoms with Gasteiger partial charge in [0.05, 0.1) is 11.3 Å². The van der Waals surface area contributed by atoms with E-state index >= 15 is 0 Å². The van der Waals surface area contributed by atoms with E-state index in [1.54, 1.807) is 17.2 Å². The van der Waals surface area contributed by atoms with Crippen molar-refractivity contribution in [3.63, 3.8) is 0 Å². The van der Waals surface area contributed by atoms with E-state index in [-0.39, 0.29) is 18.9 Å². The number of carbonyl (C=O) groups is 2. The lowest BCUT2D eigenvalue weighted by atomic mass is 9.97. The Morgan fingerprint density at radius 3 is 2.21 bits per heavy atom. The van der Waals surface area contributed by atoms with Crippen LogP contribution in [0.1, 0.15) is 33.4 Å². The molecular weight excluding hydrogens is 613 g/mol. The summed E-state index contributed by atoms with van der Waals surface area (Å²) in [4.78, 5) is 32.0. The Balaban J connectivity index is 1.34. The number of nitrogens with zero attached hydrogens (tertiary/aromatic N) is 4. The zero-order chi connectivity index (χ0) is 33.5. The summed E-state index contributed by atoms with van der Waals surface area (Å²) in [5, 5.41) is 8.12. The maximum absolute atomic E-state index is 14.5. The van der Waals surface area contributed by atoms with E-state index in [1.807, 2.05) is 83.8 Å². The van der Waals surface area contributed by atoms with Gasteiger partial charge in [-0.2, -0.15) is 23.4 Å². The molecule has 0 unspecified atom stereocenters. The highest BCUT2D eigenvalue weighted by atomic mass is 19.4. The fraction of sp³-hybridized carbons (Fsp3) is 0.179. The number of hydrogen-bond acceptors (Lipinski definition) is 4. The average Bonchev–Trinajstić information content (AvgIpc) is 3.12. The van der Waals surface area contributed by atoms with Crippen LogP contribution >= 0.6 is 0 Å². The highest BCUT2D eigenvalue weighted by Crippen LogP contribution is 2.29. The van der Waals surface area contributed by atoms with Crippen molar-refractivity contribution in [2.75, 3.05) is 6.54 Å². The van der Waals surface area contributed by atoms with Gasteiger partial charge in [0.1, 0.15) is 6.04 Å². The largest absolute Gasteiger partial charge is 0.416 e. The summed E-state index contributed by atoms with van der Waals surface area (Å²) in [5.74, 6) is -0.597. The molecule has 48 heavy (non-hydrogen) atoms. The minimum absolute atomic E-state index is 0.130. The fourth-order valence-corrected chi connectivity index (χ4v) is 5.88. The van der Waals surface area contributed by atoms with Crippen LogP contribution < -0.4 is 0 Å². The van der Waals surface area contributed by atoms with Gasteiger partial charge in [-0.05, 0) is 64.6 Å². The van der Waals surface area contributed by atoms with Crippen molar-refractivity contribution in [2.45, 2.75) is 38.1 Å². The first-order chi connectivity index (χ1) is 23.2. The molecule has 9 heteroatoms. The molecule has 0 spiro atoms. The van der Waals surface area contributed by atoms with Crippen LogP contribution in [0.15, 0.2) is 128 Å². The third kappa shape index (κ3) is 7.86. The van der Waals surface area contributed by atoms with Crippen molar-refractivity contribution in [3.05, 3.63) is 161 Å². The first kappa shape index (κ1) is 32.4. The summed E-state index contributed by atoms with van der Waals surface area (Å²) >= 11 is 0. The zero-order valence-corrected chi connectivity index (χ0v) is 26.1. The van der Waals surface area contributed by atoms with Gasteiger partial charge in [-0.15, -0.1) is 0 Å². The second-order valence-corrected chi connectivity index (χ2v) is 11.7. The summed E-state index contributed by atoms with van der Waals surface area (Å²) in [6.07, 6.45) is 0.948. The van der Waals surface area contributed by atoms with Gasteiger partial charge in [-0.3, -0.25) is 9.59 Å². The molecule has 1 atom stereocenters. The molecule has 0 bridgehead atoms. The van der Waals surface area contributed by atoms with Crippen molar-refractivity contribution in [1.82, 2.24) is 20.0 Å². The second kappa shape index (κ2) is 14.5. The third-order valence-corrected chi connectivity index (χ3v) is 8.49. The lowest BCUT2D eigenvalue weighted by molar-refractivity contribution is -0.144. The number of fused-ring (bicyclic) bond motifs is 1. The van der Waals surface area contributed by atoms with Gasteiger partial charge >= 0.3 is 6.18 Å². The number of halogens is 3. The van der Waals surface area contributed by atoms with Gasteiger partial charge in [-0.1, -0.05) is 91.0 Å². The molecule has 0 saturated heterocycles. The van der Waals surface area contributed by atoms with Crippen LogP contribution in [-0.4, -0.2) is 44.4 Å². The molecule has 2 amide bonds. The number of benzene rings is 4. The normalized spacial score (nSPS) is 13.6.